The highest BCUT2D eigenvalue weighted by molar-refractivity contribution is 7.90. The number of carbonyl (C=O) groups is 2. The standard InChI is InChI=1S/C21H16N2O5S/c24-20(14-23-21(25)16-10-4-7-13-19(16)29(23,26)27)22-17-11-5-6-12-18(17)28-15-8-2-1-3-9-15/h1-13H,14H2,(H,22,24). The van der Waals surface area contributed by atoms with Crippen molar-refractivity contribution in [3.05, 3.63) is 84.4 Å². The second kappa shape index (κ2) is 7.40. The summed E-state index contributed by atoms with van der Waals surface area (Å²) in [5.74, 6) is -0.392. The van der Waals surface area contributed by atoms with Crippen LogP contribution in [0.5, 0.6) is 11.5 Å². The van der Waals surface area contributed by atoms with E-state index >= 15 is 0 Å². The number of hydrogen-bond donors (Lipinski definition) is 1. The van der Waals surface area contributed by atoms with Crippen molar-refractivity contribution >= 4 is 27.5 Å². The maximum Gasteiger partial charge on any atom is 0.269 e. The molecule has 0 saturated carbocycles. The first-order valence-electron chi connectivity index (χ1n) is 8.75. The van der Waals surface area contributed by atoms with Crippen LogP contribution in [-0.2, 0) is 14.8 Å². The summed E-state index contributed by atoms with van der Waals surface area (Å²) in [6, 6.07) is 21.7. The Morgan fingerprint density at radius 2 is 1.55 bits per heavy atom. The molecular weight excluding hydrogens is 392 g/mol. The number of carbonyl (C=O) groups excluding carboxylic acids is 2. The maximum absolute atomic E-state index is 12.6. The molecule has 0 aromatic heterocycles. The fraction of sp³-hybridized carbons (Fsp3) is 0.0476. The second-order valence-electron chi connectivity index (χ2n) is 6.27. The third-order valence-corrected chi connectivity index (χ3v) is 6.12. The van der Waals surface area contributed by atoms with E-state index in [2.05, 4.69) is 5.32 Å². The molecule has 4 rings (SSSR count). The van der Waals surface area contributed by atoms with Gasteiger partial charge in [-0.3, -0.25) is 9.59 Å². The van der Waals surface area contributed by atoms with Gasteiger partial charge >= 0.3 is 0 Å². The summed E-state index contributed by atoms with van der Waals surface area (Å²) in [6.45, 7) is -0.629. The van der Waals surface area contributed by atoms with Gasteiger partial charge in [-0.2, -0.15) is 0 Å². The fourth-order valence-electron chi connectivity index (χ4n) is 2.98. The minimum Gasteiger partial charge on any atom is -0.455 e. The van der Waals surface area contributed by atoms with Gasteiger partial charge < -0.3 is 10.1 Å². The van der Waals surface area contributed by atoms with Crippen LogP contribution in [0.15, 0.2) is 83.8 Å². The first kappa shape index (κ1) is 18.7. The molecule has 7 nitrogen and oxygen atoms in total. The molecular formula is C21H16N2O5S. The molecule has 0 bridgehead atoms. The van der Waals surface area contributed by atoms with Crippen molar-refractivity contribution in [2.24, 2.45) is 0 Å². The molecule has 146 valence electrons. The molecule has 0 saturated heterocycles. The normalized spacial score (nSPS) is 14.3. The van der Waals surface area contributed by atoms with E-state index < -0.39 is 28.4 Å². The molecule has 0 fully saturated rings. The Morgan fingerprint density at radius 1 is 0.897 bits per heavy atom. The number of anilines is 1. The fourth-order valence-corrected chi connectivity index (χ4v) is 4.51. The van der Waals surface area contributed by atoms with Gasteiger partial charge in [0.1, 0.15) is 17.2 Å². The molecule has 2 amide bonds. The lowest BCUT2D eigenvalue weighted by Gasteiger charge is -2.16. The lowest BCUT2D eigenvalue weighted by Crippen LogP contribution is -2.37. The van der Waals surface area contributed by atoms with Gasteiger partial charge in [-0.15, -0.1) is 0 Å². The van der Waals surface area contributed by atoms with Crippen LogP contribution in [0.2, 0.25) is 0 Å². The van der Waals surface area contributed by atoms with Gasteiger partial charge in [0.2, 0.25) is 5.91 Å². The molecule has 0 aliphatic carbocycles. The molecule has 1 aliphatic heterocycles. The highest BCUT2D eigenvalue weighted by Crippen LogP contribution is 2.31. The van der Waals surface area contributed by atoms with Gasteiger partial charge in [-0.1, -0.05) is 42.5 Å². The van der Waals surface area contributed by atoms with Crippen LogP contribution in [0.4, 0.5) is 5.69 Å². The highest BCUT2D eigenvalue weighted by atomic mass is 32.2. The molecule has 3 aromatic rings. The quantitative estimate of drug-likeness (QED) is 0.700. The van der Waals surface area contributed by atoms with Crippen molar-refractivity contribution in [1.29, 1.82) is 0 Å². The molecule has 0 radical (unpaired) electrons. The number of nitrogens with zero attached hydrogens (tertiary/aromatic N) is 1. The zero-order chi connectivity index (χ0) is 20.4. The molecule has 1 aliphatic rings. The predicted molar refractivity (Wildman–Crippen MR) is 106 cm³/mol. The number of hydrogen-bond acceptors (Lipinski definition) is 5. The Balaban J connectivity index is 1.52. The summed E-state index contributed by atoms with van der Waals surface area (Å²) in [6.07, 6.45) is 0. The third-order valence-electron chi connectivity index (χ3n) is 4.33. The smallest absolute Gasteiger partial charge is 0.269 e. The van der Waals surface area contributed by atoms with Gasteiger partial charge in [0, 0.05) is 0 Å². The van der Waals surface area contributed by atoms with Crippen LogP contribution < -0.4 is 10.1 Å². The van der Waals surface area contributed by atoms with Gasteiger partial charge in [-0.25, -0.2) is 12.7 Å². The molecule has 8 heteroatoms. The number of amides is 2. The molecule has 0 atom stereocenters. The van der Waals surface area contributed by atoms with Crippen molar-refractivity contribution in [2.75, 3.05) is 11.9 Å². The van der Waals surface area contributed by atoms with Crippen molar-refractivity contribution in [3.8, 4) is 11.5 Å². The largest absolute Gasteiger partial charge is 0.455 e. The van der Waals surface area contributed by atoms with Crippen LogP contribution >= 0.6 is 0 Å². The summed E-state index contributed by atoms with van der Waals surface area (Å²) < 4.78 is 31.5. The molecule has 1 N–H and O–H groups in total. The molecule has 3 aromatic carbocycles. The SMILES string of the molecule is O=C(CN1C(=O)c2ccccc2S1(=O)=O)Nc1ccccc1Oc1ccccc1. The summed E-state index contributed by atoms with van der Waals surface area (Å²) in [5.41, 5.74) is 0.427. The van der Waals surface area contributed by atoms with E-state index in [1.165, 1.54) is 18.2 Å². The Hall–Kier alpha value is -3.65. The van der Waals surface area contributed by atoms with E-state index in [4.69, 9.17) is 4.74 Å². The monoisotopic (exact) mass is 408 g/mol. The van der Waals surface area contributed by atoms with Crippen LogP contribution in [0.25, 0.3) is 0 Å². The number of rotatable bonds is 5. The lowest BCUT2D eigenvalue weighted by atomic mass is 10.2. The Bertz CT molecular complexity index is 1190. The molecule has 0 spiro atoms. The van der Waals surface area contributed by atoms with Crippen molar-refractivity contribution in [1.82, 2.24) is 4.31 Å². The first-order valence-corrected chi connectivity index (χ1v) is 10.2. The van der Waals surface area contributed by atoms with E-state index in [0.717, 1.165) is 0 Å². The zero-order valence-electron chi connectivity index (χ0n) is 15.1. The van der Waals surface area contributed by atoms with Crippen LogP contribution in [0.1, 0.15) is 10.4 Å². The Morgan fingerprint density at radius 3 is 2.31 bits per heavy atom. The van der Waals surface area contributed by atoms with E-state index in [9.17, 15) is 18.0 Å². The van der Waals surface area contributed by atoms with Gasteiger partial charge in [-0.05, 0) is 36.4 Å². The Labute approximate surface area is 167 Å². The number of sulfonamides is 1. The number of benzene rings is 3. The number of nitrogens with one attached hydrogen (secondary N) is 1. The van der Waals surface area contributed by atoms with E-state index in [1.807, 2.05) is 18.2 Å². The summed E-state index contributed by atoms with van der Waals surface area (Å²) >= 11 is 0. The first-order chi connectivity index (χ1) is 14.0. The topological polar surface area (TPSA) is 92.8 Å². The third kappa shape index (κ3) is 3.57. The Kier molecular flexibility index (Phi) is 4.77. The van der Waals surface area contributed by atoms with Crippen LogP contribution in [0, 0.1) is 0 Å². The molecule has 29 heavy (non-hydrogen) atoms. The van der Waals surface area contributed by atoms with Crippen molar-refractivity contribution in [3.63, 3.8) is 0 Å². The minimum absolute atomic E-state index is 0.0631. The van der Waals surface area contributed by atoms with E-state index in [0.29, 0.717) is 21.5 Å². The summed E-state index contributed by atoms with van der Waals surface area (Å²) in [7, 11) is -4.05. The highest BCUT2D eigenvalue weighted by Gasteiger charge is 2.41. The summed E-state index contributed by atoms with van der Waals surface area (Å²) in [4.78, 5) is 24.9. The minimum atomic E-state index is -4.05. The van der Waals surface area contributed by atoms with Crippen molar-refractivity contribution < 1.29 is 22.7 Å². The average Bonchev–Trinajstić information content (AvgIpc) is 2.91. The average molecular weight is 408 g/mol. The van der Waals surface area contributed by atoms with Crippen LogP contribution in [-0.4, -0.2) is 31.1 Å². The van der Waals surface area contributed by atoms with Gasteiger partial charge in [0.15, 0.2) is 5.75 Å². The van der Waals surface area contributed by atoms with Crippen molar-refractivity contribution in [2.45, 2.75) is 4.90 Å². The second-order valence-corrected chi connectivity index (χ2v) is 8.10. The van der Waals surface area contributed by atoms with Gasteiger partial charge in [0.05, 0.1) is 11.3 Å². The maximum atomic E-state index is 12.6. The summed E-state index contributed by atoms with van der Waals surface area (Å²) in [5, 5.41) is 2.62. The number of para-hydroxylation sites is 3. The van der Waals surface area contributed by atoms with E-state index in [-0.39, 0.29) is 10.5 Å². The van der Waals surface area contributed by atoms with Crippen LogP contribution in [0.3, 0.4) is 0 Å². The van der Waals surface area contributed by atoms with Gasteiger partial charge in [0.25, 0.3) is 15.9 Å². The lowest BCUT2D eigenvalue weighted by molar-refractivity contribution is -0.116. The number of ether oxygens (including phenoxy) is 1. The molecule has 1 heterocycles. The van der Waals surface area contributed by atoms with E-state index in [1.54, 1.807) is 42.5 Å². The zero-order valence-corrected chi connectivity index (χ0v) is 15.9. The number of fused-ring (bicyclic) bond motifs is 1. The predicted octanol–water partition coefficient (Wildman–Crippen LogP) is 3.26. The molecule has 0 unspecified atom stereocenters.